The van der Waals surface area contributed by atoms with E-state index < -0.39 is 59.1 Å². The standard InChI is InChI=1S/2C17H17F4N5O2/c2*1-9-6-13(26-15(24-9)22-8-23-26)25-14(16(2,3)27)10-4-5-12(11(18)7-10)28-17(19,20)21/h2*4-8,14,25,27H,1-3H3/t2*14-/m10/s1. The molecule has 0 saturated heterocycles. The molecule has 300 valence electrons. The topological polar surface area (TPSA) is 169 Å². The molecule has 4 N–H and O–H groups in total. The van der Waals surface area contributed by atoms with E-state index in [0.717, 1.165) is 24.3 Å². The van der Waals surface area contributed by atoms with E-state index in [1.54, 1.807) is 26.0 Å². The van der Waals surface area contributed by atoms with Crippen LogP contribution in [0.2, 0.25) is 0 Å². The van der Waals surface area contributed by atoms with Gasteiger partial charge in [-0.15, -0.1) is 26.3 Å². The van der Waals surface area contributed by atoms with Gasteiger partial charge in [-0.05, 0) is 76.9 Å². The highest BCUT2D eigenvalue weighted by atomic mass is 19.4. The molecule has 22 heteroatoms. The third-order valence-corrected chi connectivity index (χ3v) is 7.79. The second-order valence-electron chi connectivity index (χ2n) is 13.4. The van der Waals surface area contributed by atoms with Crippen LogP contribution in [0.1, 0.15) is 62.3 Å². The van der Waals surface area contributed by atoms with Crippen molar-refractivity contribution in [2.75, 3.05) is 10.6 Å². The summed E-state index contributed by atoms with van der Waals surface area (Å²) in [7, 11) is 0. The average molecular weight is 799 g/mol. The Morgan fingerprint density at radius 2 is 0.964 bits per heavy atom. The number of aliphatic hydroxyl groups is 2. The van der Waals surface area contributed by atoms with Crippen LogP contribution in [0, 0.1) is 25.5 Å². The molecule has 0 amide bonds. The molecule has 0 aliphatic rings. The smallest absolute Gasteiger partial charge is 0.403 e. The zero-order valence-corrected chi connectivity index (χ0v) is 30.2. The monoisotopic (exact) mass is 798 g/mol. The molecule has 14 nitrogen and oxygen atoms in total. The Kier molecular flexibility index (Phi) is 11.3. The Balaban J connectivity index is 0.000000214. The number of hydrogen-bond acceptors (Lipinski definition) is 12. The van der Waals surface area contributed by atoms with E-state index in [1.165, 1.54) is 61.5 Å². The largest absolute Gasteiger partial charge is 0.573 e. The van der Waals surface area contributed by atoms with Crippen LogP contribution in [0.15, 0.2) is 61.2 Å². The van der Waals surface area contributed by atoms with Crippen molar-refractivity contribution in [2.45, 2.75) is 77.6 Å². The predicted octanol–water partition coefficient (Wildman–Crippen LogP) is 6.79. The lowest BCUT2D eigenvalue weighted by Gasteiger charge is -2.31. The van der Waals surface area contributed by atoms with E-state index in [1.807, 2.05) is 0 Å². The first-order valence-corrected chi connectivity index (χ1v) is 16.3. The lowest BCUT2D eigenvalue weighted by atomic mass is 9.91. The first kappa shape index (κ1) is 41.3. The summed E-state index contributed by atoms with van der Waals surface area (Å²) in [6.07, 6.45) is -7.42. The number of aryl methyl sites for hydroxylation is 2. The Hall–Kier alpha value is -5.90. The third-order valence-electron chi connectivity index (χ3n) is 7.79. The molecule has 0 aliphatic heterocycles. The molecule has 6 aromatic rings. The summed E-state index contributed by atoms with van der Waals surface area (Å²) in [6, 6.07) is 7.48. The fourth-order valence-electron chi connectivity index (χ4n) is 5.51. The van der Waals surface area contributed by atoms with Gasteiger partial charge in [0.25, 0.3) is 11.6 Å². The van der Waals surface area contributed by atoms with Crippen LogP contribution >= 0.6 is 0 Å². The number of halogens is 8. The minimum absolute atomic E-state index is 0.210. The molecule has 0 aliphatic carbocycles. The number of alkyl halides is 6. The molecule has 0 unspecified atom stereocenters. The molecule has 2 atom stereocenters. The summed E-state index contributed by atoms with van der Waals surface area (Å²) in [6.45, 7) is 9.40. The molecule has 0 saturated carbocycles. The van der Waals surface area contributed by atoms with Crippen LogP contribution in [0.5, 0.6) is 11.5 Å². The van der Waals surface area contributed by atoms with Crippen LogP contribution < -0.4 is 20.1 Å². The van der Waals surface area contributed by atoms with Gasteiger partial charge in [-0.25, -0.2) is 18.7 Å². The number of nitrogens with zero attached hydrogens (tertiary/aromatic N) is 8. The number of nitrogens with one attached hydrogen (secondary N) is 2. The van der Waals surface area contributed by atoms with Crippen LogP contribution in [-0.4, -0.2) is 73.3 Å². The lowest BCUT2D eigenvalue weighted by molar-refractivity contribution is -0.276. The molecule has 2 aromatic carbocycles. The minimum Gasteiger partial charge on any atom is -0.403 e. The van der Waals surface area contributed by atoms with Crippen molar-refractivity contribution in [3.63, 3.8) is 0 Å². The van der Waals surface area contributed by atoms with Gasteiger partial charge in [0, 0.05) is 23.5 Å². The van der Waals surface area contributed by atoms with Gasteiger partial charge in [0.1, 0.15) is 24.3 Å². The number of fused-ring (bicyclic) bond motifs is 2. The molecule has 0 spiro atoms. The average Bonchev–Trinajstić information content (AvgIpc) is 3.72. The highest BCUT2D eigenvalue weighted by molar-refractivity contribution is 5.49. The Morgan fingerprint density at radius 1 is 0.607 bits per heavy atom. The normalized spacial score (nSPS) is 13.6. The van der Waals surface area contributed by atoms with Crippen molar-refractivity contribution in [3.8, 4) is 11.5 Å². The number of ether oxygens (including phenoxy) is 2. The molecule has 0 radical (unpaired) electrons. The maximum Gasteiger partial charge on any atom is 0.573 e. The van der Waals surface area contributed by atoms with E-state index in [0.29, 0.717) is 34.6 Å². The lowest BCUT2D eigenvalue weighted by Crippen LogP contribution is -2.35. The Morgan fingerprint density at radius 3 is 1.27 bits per heavy atom. The summed E-state index contributed by atoms with van der Waals surface area (Å²) >= 11 is 0. The number of hydrogen-bond donors (Lipinski definition) is 4. The van der Waals surface area contributed by atoms with Crippen molar-refractivity contribution in [1.82, 2.24) is 39.2 Å². The van der Waals surface area contributed by atoms with Crippen molar-refractivity contribution < 1.29 is 54.8 Å². The van der Waals surface area contributed by atoms with E-state index in [2.05, 4.69) is 50.2 Å². The number of rotatable bonds is 10. The number of anilines is 2. The van der Waals surface area contributed by atoms with E-state index in [4.69, 9.17) is 0 Å². The van der Waals surface area contributed by atoms with Gasteiger partial charge in [-0.1, -0.05) is 12.1 Å². The van der Waals surface area contributed by atoms with Crippen molar-refractivity contribution >= 4 is 23.2 Å². The van der Waals surface area contributed by atoms with E-state index >= 15 is 0 Å². The van der Waals surface area contributed by atoms with Crippen LogP contribution in [0.3, 0.4) is 0 Å². The second-order valence-corrected chi connectivity index (χ2v) is 13.4. The molecular formula is C34H34F8N10O4. The highest BCUT2D eigenvalue weighted by Gasteiger charge is 2.36. The molecule has 0 fully saturated rings. The van der Waals surface area contributed by atoms with Crippen LogP contribution in [0.25, 0.3) is 11.6 Å². The molecular weight excluding hydrogens is 764 g/mol. The fraction of sp³-hybridized carbons (Fsp3) is 0.353. The van der Waals surface area contributed by atoms with Crippen LogP contribution in [0.4, 0.5) is 46.8 Å². The summed E-state index contributed by atoms with van der Waals surface area (Å²) in [5.41, 5.74) is -1.16. The summed E-state index contributed by atoms with van der Waals surface area (Å²) < 4.78 is 113. The van der Waals surface area contributed by atoms with Gasteiger partial charge in [0.05, 0.1) is 23.3 Å². The number of benzene rings is 2. The molecule has 4 heterocycles. The zero-order chi connectivity index (χ0) is 41.4. The van der Waals surface area contributed by atoms with Gasteiger partial charge in [0.15, 0.2) is 23.1 Å². The molecule has 4 aromatic heterocycles. The summed E-state index contributed by atoms with van der Waals surface area (Å²) in [5.74, 6) is -2.85. The van der Waals surface area contributed by atoms with Gasteiger partial charge < -0.3 is 30.3 Å². The quantitative estimate of drug-likeness (QED) is 0.107. The third kappa shape index (κ3) is 10.2. The van der Waals surface area contributed by atoms with Crippen LogP contribution in [-0.2, 0) is 0 Å². The number of aromatic nitrogens is 8. The van der Waals surface area contributed by atoms with E-state index in [-0.39, 0.29) is 11.1 Å². The molecule has 6 rings (SSSR count). The first-order valence-electron chi connectivity index (χ1n) is 16.3. The maximum atomic E-state index is 14.2. The highest BCUT2D eigenvalue weighted by Crippen LogP contribution is 2.35. The first-order chi connectivity index (χ1) is 25.9. The van der Waals surface area contributed by atoms with Crippen molar-refractivity contribution in [3.05, 3.63) is 95.3 Å². The van der Waals surface area contributed by atoms with Crippen molar-refractivity contribution in [2.24, 2.45) is 0 Å². The minimum atomic E-state index is -5.01. The Labute approximate surface area is 312 Å². The maximum absolute atomic E-state index is 14.2. The van der Waals surface area contributed by atoms with Gasteiger partial charge in [0.2, 0.25) is 0 Å². The van der Waals surface area contributed by atoms with E-state index in [9.17, 15) is 45.3 Å². The fourth-order valence-corrected chi connectivity index (χ4v) is 5.51. The Bertz CT molecular complexity index is 2160. The second kappa shape index (κ2) is 15.3. The van der Waals surface area contributed by atoms with Gasteiger partial charge >= 0.3 is 12.7 Å². The molecule has 56 heavy (non-hydrogen) atoms. The summed E-state index contributed by atoms with van der Waals surface area (Å²) in [5, 5.41) is 35.3. The zero-order valence-electron chi connectivity index (χ0n) is 30.2. The predicted molar refractivity (Wildman–Crippen MR) is 183 cm³/mol. The van der Waals surface area contributed by atoms with Gasteiger partial charge in [-0.2, -0.15) is 29.2 Å². The van der Waals surface area contributed by atoms with Gasteiger partial charge in [-0.3, -0.25) is 0 Å². The SMILES string of the molecule is Cc1cc(N[C@@H](c2ccc(OC(F)(F)F)c(F)c2)C(C)(C)O)n2ncnc2n1.Cc1cc(N[C@H](c2ccc(OC(F)(F)F)c(F)c2)C(C)(C)O)n2ncnc2n1. The van der Waals surface area contributed by atoms with Crippen molar-refractivity contribution in [1.29, 1.82) is 0 Å². The summed E-state index contributed by atoms with van der Waals surface area (Å²) in [4.78, 5) is 16.4. The molecule has 0 bridgehead atoms.